The summed E-state index contributed by atoms with van der Waals surface area (Å²) in [7, 11) is 1.54. The van der Waals surface area contributed by atoms with Crippen molar-refractivity contribution in [1.29, 1.82) is 0 Å². The summed E-state index contributed by atoms with van der Waals surface area (Å²) in [5.41, 5.74) is 10.6. The number of nitrogens with two attached hydrogens (primary N) is 2. The molecule has 0 rings (SSSR count). The largest absolute Gasteiger partial charge is 0.358 e. The summed E-state index contributed by atoms with van der Waals surface area (Å²) in [5, 5.41) is 5.05. The first kappa shape index (κ1) is 12.9. The summed E-state index contributed by atoms with van der Waals surface area (Å²) in [4.78, 5) is 21.7. The van der Waals surface area contributed by atoms with Crippen molar-refractivity contribution in [1.82, 2.24) is 10.6 Å². The molecule has 0 aromatic heterocycles. The van der Waals surface area contributed by atoms with Crippen LogP contribution < -0.4 is 22.1 Å². The molecular weight excluding hydrogens is 184 g/mol. The Bertz CT molecular complexity index is 196. The molecule has 0 aliphatic heterocycles. The number of amides is 2. The lowest BCUT2D eigenvalue weighted by molar-refractivity contribution is -0.122. The van der Waals surface area contributed by atoms with Gasteiger partial charge in [0.15, 0.2) is 0 Å². The van der Waals surface area contributed by atoms with E-state index in [0.29, 0.717) is 19.4 Å². The van der Waals surface area contributed by atoms with Gasteiger partial charge < -0.3 is 22.1 Å². The van der Waals surface area contributed by atoms with Gasteiger partial charge in [0.1, 0.15) is 0 Å². The lowest BCUT2D eigenvalue weighted by atomic mass is 10.1. The van der Waals surface area contributed by atoms with E-state index in [-0.39, 0.29) is 18.4 Å². The molecule has 6 N–H and O–H groups in total. The number of hydrogen-bond acceptors (Lipinski definition) is 4. The van der Waals surface area contributed by atoms with Crippen LogP contribution in [0, 0.1) is 0 Å². The summed E-state index contributed by atoms with van der Waals surface area (Å²) in [6.45, 7) is 0.488. The normalized spacial score (nSPS) is 11.9. The fraction of sp³-hybridized carbons (Fsp3) is 0.750. The van der Waals surface area contributed by atoms with Gasteiger partial charge in [-0.15, -0.1) is 0 Å². The summed E-state index contributed by atoms with van der Waals surface area (Å²) >= 11 is 0. The van der Waals surface area contributed by atoms with Gasteiger partial charge in [-0.3, -0.25) is 9.59 Å². The summed E-state index contributed by atoms with van der Waals surface area (Å²) in [6.07, 6.45) is 1.21. The minimum atomic E-state index is -0.505. The molecule has 14 heavy (non-hydrogen) atoms. The van der Waals surface area contributed by atoms with Crippen LogP contribution in [0.3, 0.4) is 0 Å². The number of likely N-dealkylation sites (N-methyl/N-ethyl adjacent to an activating group) is 1. The van der Waals surface area contributed by atoms with Crippen LogP contribution in [0.4, 0.5) is 0 Å². The van der Waals surface area contributed by atoms with Crippen LogP contribution in [0.25, 0.3) is 0 Å². The molecule has 0 aliphatic carbocycles. The lowest BCUT2D eigenvalue weighted by Crippen LogP contribution is -2.39. The van der Waals surface area contributed by atoms with Crippen molar-refractivity contribution in [3.8, 4) is 0 Å². The Labute approximate surface area is 83.4 Å². The molecule has 0 fully saturated rings. The molecular formula is C8H18N4O2. The number of carbonyl (C=O) groups is 2. The van der Waals surface area contributed by atoms with Gasteiger partial charge in [0, 0.05) is 13.6 Å². The molecule has 0 saturated carbocycles. The number of hydrogen-bond donors (Lipinski definition) is 4. The summed E-state index contributed by atoms with van der Waals surface area (Å²) in [6, 6.07) is -0.505. The van der Waals surface area contributed by atoms with E-state index in [2.05, 4.69) is 10.6 Å². The fourth-order valence-electron chi connectivity index (χ4n) is 0.938. The zero-order valence-corrected chi connectivity index (χ0v) is 8.38. The van der Waals surface area contributed by atoms with Gasteiger partial charge in [-0.25, -0.2) is 0 Å². The van der Waals surface area contributed by atoms with Gasteiger partial charge in [0.05, 0.1) is 12.6 Å². The average Bonchev–Trinajstić information content (AvgIpc) is 2.22. The molecule has 1 atom stereocenters. The maximum atomic E-state index is 11.0. The first-order valence-corrected chi connectivity index (χ1v) is 4.55. The van der Waals surface area contributed by atoms with Crippen LogP contribution in [-0.4, -0.2) is 38.0 Å². The fourth-order valence-corrected chi connectivity index (χ4v) is 0.938. The number of nitrogens with one attached hydrogen (secondary N) is 2. The van der Waals surface area contributed by atoms with E-state index >= 15 is 0 Å². The van der Waals surface area contributed by atoms with Crippen LogP contribution >= 0.6 is 0 Å². The predicted octanol–water partition coefficient (Wildman–Crippen LogP) is -2.09. The Hall–Kier alpha value is -1.14. The van der Waals surface area contributed by atoms with Gasteiger partial charge >= 0.3 is 0 Å². The Morgan fingerprint density at radius 1 is 1.43 bits per heavy atom. The zero-order valence-electron chi connectivity index (χ0n) is 8.38. The van der Waals surface area contributed by atoms with E-state index < -0.39 is 6.04 Å². The van der Waals surface area contributed by atoms with Crippen molar-refractivity contribution < 1.29 is 9.59 Å². The third kappa shape index (κ3) is 5.50. The van der Waals surface area contributed by atoms with Gasteiger partial charge in [0.25, 0.3) is 0 Å². The maximum absolute atomic E-state index is 11.0. The van der Waals surface area contributed by atoms with E-state index in [1.54, 1.807) is 7.05 Å². The quantitative estimate of drug-likeness (QED) is 0.370. The number of rotatable bonds is 6. The Balaban J connectivity index is 3.45. The Morgan fingerprint density at radius 3 is 2.57 bits per heavy atom. The third-order valence-electron chi connectivity index (χ3n) is 1.78. The van der Waals surface area contributed by atoms with E-state index in [1.807, 2.05) is 0 Å². The van der Waals surface area contributed by atoms with Crippen LogP contribution in [-0.2, 0) is 9.59 Å². The van der Waals surface area contributed by atoms with Gasteiger partial charge in [-0.2, -0.15) is 0 Å². The molecule has 0 saturated heterocycles. The second-order valence-corrected chi connectivity index (χ2v) is 2.92. The van der Waals surface area contributed by atoms with Crippen LogP contribution in [0.5, 0.6) is 0 Å². The molecule has 2 amide bonds. The van der Waals surface area contributed by atoms with Crippen LogP contribution in [0.2, 0.25) is 0 Å². The summed E-state index contributed by atoms with van der Waals surface area (Å²) < 4.78 is 0. The monoisotopic (exact) mass is 202 g/mol. The average molecular weight is 202 g/mol. The van der Waals surface area contributed by atoms with E-state index in [0.717, 1.165) is 0 Å². The smallest absolute Gasteiger partial charge is 0.236 e. The number of carbonyl (C=O) groups excluding carboxylic acids is 2. The molecule has 82 valence electrons. The predicted molar refractivity (Wildman–Crippen MR) is 53.3 cm³/mol. The third-order valence-corrected chi connectivity index (χ3v) is 1.78. The lowest BCUT2D eigenvalue weighted by Gasteiger charge is -2.09. The first-order chi connectivity index (χ1) is 6.61. The molecule has 6 nitrogen and oxygen atoms in total. The molecule has 6 heteroatoms. The van der Waals surface area contributed by atoms with Crippen molar-refractivity contribution in [2.75, 3.05) is 20.1 Å². The minimum absolute atomic E-state index is 0.0124. The Kier molecular flexibility index (Phi) is 6.69. The van der Waals surface area contributed by atoms with Crippen molar-refractivity contribution in [3.63, 3.8) is 0 Å². The molecule has 0 aromatic carbocycles. The molecule has 0 radical (unpaired) electrons. The second-order valence-electron chi connectivity index (χ2n) is 2.92. The topological polar surface area (TPSA) is 110 Å². The molecule has 0 aromatic rings. The van der Waals surface area contributed by atoms with Gasteiger partial charge in [-0.05, 0) is 12.8 Å². The van der Waals surface area contributed by atoms with Gasteiger partial charge in [0.2, 0.25) is 11.8 Å². The SMILES string of the molecule is CNC(=O)C(N)CCCNC(=O)CN. The highest BCUT2D eigenvalue weighted by Crippen LogP contribution is 1.92. The van der Waals surface area contributed by atoms with Crippen molar-refractivity contribution in [2.24, 2.45) is 11.5 Å². The van der Waals surface area contributed by atoms with Gasteiger partial charge in [-0.1, -0.05) is 0 Å². The summed E-state index contributed by atoms with van der Waals surface area (Å²) in [5.74, 6) is -0.381. The molecule has 0 heterocycles. The molecule has 1 unspecified atom stereocenters. The van der Waals surface area contributed by atoms with Crippen molar-refractivity contribution in [2.45, 2.75) is 18.9 Å². The molecule has 0 spiro atoms. The minimum Gasteiger partial charge on any atom is -0.358 e. The van der Waals surface area contributed by atoms with Crippen molar-refractivity contribution in [3.05, 3.63) is 0 Å². The highest BCUT2D eigenvalue weighted by molar-refractivity contribution is 5.81. The van der Waals surface area contributed by atoms with Crippen molar-refractivity contribution >= 4 is 11.8 Å². The van der Waals surface area contributed by atoms with E-state index in [4.69, 9.17) is 11.5 Å². The van der Waals surface area contributed by atoms with E-state index in [9.17, 15) is 9.59 Å². The second kappa shape index (κ2) is 7.28. The van der Waals surface area contributed by atoms with Crippen LogP contribution in [0.15, 0.2) is 0 Å². The molecule has 0 bridgehead atoms. The molecule has 0 aliphatic rings. The Morgan fingerprint density at radius 2 is 2.07 bits per heavy atom. The van der Waals surface area contributed by atoms with Crippen LogP contribution in [0.1, 0.15) is 12.8 Å². The maximum Gasteiger partial charge on any atom is 0.236 e. The zero-order chi connectivity index (χ0) is 11.0. The standard InChI is InChI=1S/C8H18N4O2/c1-11-8(14)6(10)3-2-4-12-7(13)5-9/h6H,2-5,9-10H2,1H3,(H,11,14)(H,12,13). The highest BCUT2D eigenvalue weighted by Gasteiger charge is 2.10. The highest BCUT2D eigenvalue weighted by atomic mass is 16.2. The first-order valence-electron chi connectivity index (χ1n) is 4.55. The van der Waals surface area contributed by atoms with E-state index in [1.165, 1.54) is 0 Å².